The summed E-state index contributed by atoms with van der Waals surface area (Å²) in [4.78, 5) is 21.6. The van der Waals surface area contributed by atoms with Crippen molar-refractivity contribution in [2.75, 3.05) is 27.3 Å². The smallest absolute Gasteiger partial charge is 0.406 e. The number of carbonyl (C=O) groups is 2. The van der Waals surface area contributed by atoms with E-state index in [2.05, 4.69) is 20.1 Å². The first-order valence-electron chi connectivity index (χ1n) is 4.55. The van der Waals surface area contributed by atoms with Gasteiger partial charge in [-0.25, -0.2) is 9.59 Å². The Hall–Kier alpha value is -1.46. The van der Waals surface area contributed by atoms with E-state index in [4.69, 9.17) is 0 Å². The molecule has 0 aliphatic carbocycles. The van der Waals surface area contributed by atoms with E-state index in [1.807, 2.05) is 13.8 Å². The predicted octanol–water partition coefficient (Wildman–Crippen LogP) is 0.725. The van der Waals surface area contributed by atoms with Gasteiger partial charge in [-0.05, 0) is 5.41 Å². The molecule has 0 bridgehead atoms. The van der Waals surface area contributed by atoms with E-state index in [0.29, 0.717) is 13.1 Å². The second-order valence-electron chi connectivity index (χ2n) is 3.85. The highest BCUT2D eigenvalue weighted by molar-refractivity contribution is 5.67. The minimum absolute atomic E-state index is 0.262. The van der Waals surface area contributed by atoms with E-state index >= 15 is 0 Å². The molecule has 6 heteroatoms. The highest BCUT2D eigenvalue weighted by Crippen LogP contribution is 2.11. The van der Waals surface area contributed by atoms with Gasteiger partial charge in [-0.2, -0.15) is 0 Å². The van der Waals surface area contributed by atoms with Gasteiger partial charge in [0.15, 0.2) is 0 Å². The zero-order valence-electron chi connectivity index (χ0n) is 9.55. The van der Waals surface area contributed by atoms with Gasteiger partial charge >= 0.3 is 12.2 Å². The molecule has 0 aromatic rings. The first-order chi connectivity index (χ1) is 6.91. The van der Waals surface area contributed by atoms with Crippen molar-refractivity contribution in [1.82, 2.24) is 10.6 Å². The second kappa shape index (κ2) is 6.10. The normalized spacial score (nSPS) is 10.4. The molecule has 88 valence electrons. The lowest BCUT2D eigenvalue weighted by atomic mass is 9.93. The van der Waals surface area contributed by atoms with Gasteiger partial charge in [0.05, 0.1) is 14.2 Å². The minimum atomic E-state index is -0.485. The monoisotopic (exact) mass is 218 g/mol. The third kappa shape index (κ3) is 6.59. The van der Waals surface area contributed by atoms with Crippen LogP contribution >= 0.6 is 0 Å². The molecular formula is C9H18N2O4. The quantitative estimate of drug-likeness (QED) is 0.729. The van der Waals surface area contributed by atoms with Gasteiger partial charge in [-0.3, -0.25) is 0 Å². The molecule has 0 unspecified atom stereocenters. The zero-order chi connectivity index (χ0) is 11.9. The SMILES string of the molecule is COC(=O)NCC(C)(C)CNC(=O)OC. The van der Waals surface area contributed by atoms with Crippen LogP contribution in [0.1, 0.15) is 13.8 Å². The van der Waals surface area contributed by atoms with E-state index < -0.39 is 12.2 Å². The maximum absolute atomic E-state index is 10.8. The van der Waals surface area contributed by atoms with E-state index in [-0.39, 0.29) is 5.41 Å². The summed E-state index contributed by atoms with van der Waals surface area (Å²) in [5.74, 6) is 0. The Morgan fingerprint density at radius 1 is 1.00 bits per heavy atom. The fourth-order valence-electron chi connectivity index (χ4n) is 0.830. The molecule has 0 aromatic heterocycles. The Balaban J connectivity index is 3.86. The molecule has 0 heterocycles. The molecule has 15 heavy (non-hydrogen) atoms. The molecule has 2 amide bonds. The van der Waals surface area contributed by atoms with Crippen LogP contribution < -0.4 is 10.6 Å². The van der Waals surface area contributed by atoms with Crippen LogP contribution in [0.3, 0.4) is 0 Å². The third-order valence-electron chi connectivity index (χ3n) is 1.79. The van der Waals surface area contributed by atoms with Crippen LogP contribution in [0.5, 0.6) is 0 Å². The summed E-state index contributed by atoms with van der Waals surface area (Å²) in [5.41, 5.74) is -0.262. The van der Waals surface area contributed by atoms with Gasteiger partial charge in [0.1, 0.15) is 0 Å². The fourth-order valence-corrected chi connectivity index (χ4v) is 0.830. The Morgan fingerprint density at radius 3 is 1.60 bits per heavy atom. The Kier molecular flexibility index (Phi) is 5.51. The third-order valence-corrected chi connectivity index (χ3v) is 1.79. The lowest BCUT2D eigenvalue weighted by molar-refractivity contribution is 0.159. The van der Waals surface area contributed by atoms with E-state index in [1.165, 1.54) is 14.2 Å². The molecule has 6 nitrogen and oxygen atoms in total. The minimum Gasteiger partial charge on any atom is -0.453 e. The van der Waals surface area contributed by atoms with Crippen LogP contribution in [0.15, 0.2) is 0 Å². The molecule has 0 spiro atoms. The van der Waals surface area contributed by atoms with Gasteiger partial charge in [-0.1, -0.05) is 13.8 Å². The number of methoxy groups -OCH3 is 2. The number of amides is 2. The van der Waals surface area contributed by atoms with Crippen molar-refractivity contribution in [3.63, 3.8) is 0 Å². The second-order valence-corrected chi connectivity index (χ2v) is 3.85. The molecule has 0 fully saturated rings. The van der Waals surface area contributed by atoms with Crippen LogP contribution in [-0.4, -0.2) is 39.5 Å². The maximum atomic E-state index is 10.8. The fraction of sp³-hybridized carbons (Fsp3) is 0.778. The molecule has 2 N–H and O–H groups in total. The van der Waals surface area contributed by atoms with Crippen LogP contribution in [-0.2, 0) is 9.47 Å². The molecule has 0 saturated carbocycles. The molecule has 0 atom stereocenters. The zero-order valence-corrected chi connectivity index (χ0v) is 9.55. The van der Waals surface area contributed by atoms with Gasteiger partial charge in [0, 0.05) is 13.1 Å². The number of alkyl carbamates (subject to hydrolysis) is 2. The van der Waals surface area contributed by atoms with Gasteiger partial charge in [0.2, 0.25) is 0 Å². The molecular weight excluding hydrogens is 200 g/mol. The number of carbonyl (C=O) groups excluding carboxylic acids is 2. The van der Waals surface area contributed by atoms with Crippen molar-refractivity contribution in [2.24, 2.45) is 5.41 Å². The molecule has 0 aromatic carbocycles. The summed E-state index contributed by atoms with van der Waals surface area (Å²) in [6, 6.07) is 0. The van der Waals surface area contributed by atoms with Crippen molar-refractivity contribution in [1.29, 1.82) is 0 Å². The molecule has 0 radical (unpaired) electrons. The highest BCUT2D eigenvalue weighted by Gasteiger charge is 2.20. The maximum Gasteiger partial charge on any atom is 0.406 e. The Labute approximate surface area is 89.3 Å². The molecule has 0 aliphatic heterocycles. The average molecular weight is 218 g/mol. The molecule has 0 aliphatic rings. The highest BCUT2D eigenvalue weighted by atomic mass is 16.5. The van der Waals surface area contributed by atoms with Crippen molar-refractivity contribution in [3.8, 4) is 0 Å². The number of rotatable bonds is 4. The summed E-state index contributed by atoms with van der Waals surface area (Å²) >= 11 is 0. The summed E-state index contributed by atoms with van der Waals surface area (Å²) in [5, 5.41) is 5.12. The van der Waals surface area contributed by atoms with Crippen LogP contribution in [0.4, 0.5) is 9.59 Å². The van der Waals surface area contributed by atoms with Crippen LogP contribution in [0.25, 0.3) is 0 Å². The number of ether oxygens (including phenoxy) is 2. The van der Waals surface area contributed by atoms with Crippen LogP contribution in [0, 0.1) is 5.41 Å². The number of hydrogen-bond donors (Lipinski definition) is 2. The van der Waals surface area contributed by atoms with E-state index in [0.717, 1.165) is 0 Å². The topological polar surface area (TPSA) is 76.7 Å². The van der Waals surface area contributed by atoms with Gasteiger partial charge < -0.3 is 20.1 Å². The van der Waals surface area contributed by atoms with E-state index in [9.17, 15) is 9.59 Å². The van der Waals surface area contributed by atoms with Crippen molar-refractivity contribution < 1.29 is 19.1 Å². The number of nitrogens with one attached hydrogen (secondary N) is 2. The molecule has 0 saturated heterocycles. The first-order valence-corrected chi connectivity index (χ1v) is 4.55. The summed E-state index contributed by atoms with van der Waals surface area (Å²) in [6.45, 7) is 4.62. The summed E-state index contributed by atoms with van der Waals surface area (Å²) < 4.78 is 8.86. The van der Waals surface area contributed by atoms with Gasteiger partial charge in [0.25, 0.3) is 0 Å². The standard InChI is InChI=1S/C9H18N2O4/c1-9(2,5-10-7(12)14-3)6-11-8(13)15-4/h5-6H2,1-4H3,(H,10,12)(H,11,13). The van der Waals surface area contributed by atoms with Crippen molar-refractivity contribution >= 4 is 12.2 Å². The average Bonchev–Trinajstić information content (AvgIpc) is 2.22. The largest absolute Gasteiger partial charge is 0.453 e. The van der Waals surface area contributed by atoms with Crippen molar-refractivity contribution in [2.45, 2.75) is 13.8 Å². The van der Waals surface area contributed by atoms with E-state index in [1.54, 1.807) is 0 Å². The first kappa shape index (κ1) is 13.5. The predicted molar refractivity (Wildman–Crippen MR) is 54.6 cm³/mol. The lowest BCUT2D eigenvalue weighted by Crippen LogP contribution is -2.41. The van der Waals surface area contributed by atoms with Crippen LogP contribution in [0.2, 0.25) is 0 Å². The molecule has 0 rings (SSSR count). The van der Waals surface area contributed by atoms with Crippen molar-refractivity contribution in [3.05, 3.63) is 0 Å². The summed E-state index contributed by atoms with van der Waals surface area (Å²) in [7, 11) is 2.60. The Morgan fingerprint density at radius 2 is 1.33 bits per heavy atom. The van der Waals surface area contributed by atoms with Gasteiger partial charge in [-0.15, -0.1) is 0 Å². The lowest BCUT2D eigenvalue weighted by Gasteiger charge is -2.24. The number of hydrogen-bond acceptors (Lipinski definition) is 4. The Bertz CT molecular complexity index is 206. The summed E-state index contributed by atoms with van der Waals surface area (Å²) in [6.07, 6.45) is -0.970.